The summed E-state index contributed by atoms with van der Waals surface area (Å²) in [7, 11) is 0. The van der Waals surface area contributed by atoms with Crippen molar-refractivity contribution in [3.05, 3.63) is 40.8 Å². The number of thioether (sulfide) groups is 1. The Morgan fingerprint density at radius 2 is 1.95 bits per heavy atom. The molecule has 1 heterocycles. The van der Waals surface area contributed by atoms with Crippen LogP contribution in [0.4, 0.5) is 4.79 Å². The predicted octanol–water partition coefficient (Wildman–Crippen LogP) is 2.50. The van der Waals surface area contributed by atoms with E-state index in [4.69, 9.17) is 0 Å². The molecule has 0 saturated carbocycles. The summed E-state index contributed by atoms with van der Waals surface area (Å²) in [6.07, 6.45) is 1.71. The first-order valence-electron chi connectivity index (χ1n) is 7.07. The number of carbonyl (C=O) groups excluding carboxylic acids is 3. The van der Waals surface area contributed by atoms with E-state index in [0.29, 0.717) is 4.91 Å². The van der Waals surface area contributed by atoms with Crippen LogP contribution in [0.2, 0.25) is 0 Å². The maximum absolute atomic E-state index is 12.2. The maximum atomic E-state index is 12.2. The molecule has 1 aliphatic rings. The SMILES string of the molecule is CC(C)C(=O)NCCN1C(=O)S/C(=C\c2ccccc2)C1=O. The largest absolute Gasteiger partial charge is 0.354 e. The van der Waals surface area contributed by atoms with Crippen LogP contribution in [-0.2, 0) is 9.59 Å². The van der Waals surface area contributed by atoms with Crippen LogP contribution >= 0.6 is 11.8 Å². The lowest BCUT2D eigenvalue weighted by atomic mass is 10.2. The van der Waals surface area contributed by atoms with Gasteiger partial charge in [-0.1, -0.05) is 44.2 Å². The molecule has 2 rings (SSSR count). The fourth-order valence-electron chi connectivity index (χ4n) is 1.89. The quantitative estimate of drug-likeness (QED) is 0.847. The number of carbonyl (C=O) groups is 3. The highest BCUT2D eigenvalue weighted by Crippen LogP contribution is 2.31. The molecule has 0 spiro atoms. The zero-order chi connectivity index (χ0) is 16.1. The van der Waals surface area contributed by atoms with Crippen LogP contribution in [0.15, 0.2) is 35.2 Å². The van der Waals surface area contributed by atoms with E-state index in [1.165, 1.54) is 4.90 Å². The molecule has 1 aromatic rings. The standard InChI is InChI=1S/C16H18N2O3S/c1-11(2)14(19)17-8-9-18-15(20)13(22-16(18)21)10-12-6-4-3-5-7-12/h3-7,10-11H,8-9H2,1-2H3,(H,17,19)/b13-10-. The van der Waals surface area contributed by atoms with Gasteiger partial charge in [-0.25, -0.2) is 0 Å². The van der Waals surface area contributed by atoms with Crippen LogP contribution in [0, 0.1) is 5.92 Å². The van der Waals surface area contributed by atoms with Gasteiger partial charge in [0, 0.05) is 19.0 Å². The topological polar surface area (TPSA) is 66.5 Å². The van der Waals surface area contributed by atoms with Crippen molar-refractivity contribution in [3.8, 4) is 0 Å². The number of hydrogen-bond donors (Lipinski definition) is 1. The average Bonchev–Trinajstić information content (AvgIpc) is 2.75. The summed E-state index contributed by atoms with van der Waals surface area (Å²) in [5.74, 6) is -0.516. The molecule has 5 nitrogen and oxygen atoms in total. The van der Waals surface area contributed by atoms with Crippen molar-refractivity contribution in [2.45, 2.75) is 13.8 Å². The predicted molar refractivity (Wildman–Crippen MR) is 87.0 cm³/mol. The van der Waals surface area contributed by atoms with Crippen molar-refractivity contribution in [3.63, 3.8) is 0 Å². The number of amides is 3. The van der Waals surface area contributed by atoms with Crippen molar-refractivity contribution in [1.82, 2.24) is 10.2 Å². The molecule has 0 atom stereocenters. The molecular weight excluding hydrogens is 300 g/mol. The highest BCUT2D eigenvalue weighted by molar-refractivity contribution is 8.18. The van der Waals surface area contributed by atoms with Gasteiger partial charge in [-0.3, -0.25) is 19.3 Å². The molecule has 0 aliphatic carbocycles. The molecule has 0 aromatic heterocycles. The normalized spacial score (nSPS) is 16.7. The third kappa shape index (κ3) is 3.98. The number of nitrogens with zero attached hydrogens (tertiary/aromatic N) is 1. The summed E-state index contributed by atoms with van der Waals surface area (Å²) in [6, 6.07) is 9.38. The van der Waals surface area contributed by atoms with E-state index in [0.717, 1.165) is 17.3 Å². The average molecular weight is 318 g/mol. The molecule has 1 aliphatic heterocycles. The van der Waals surface area contributed by atoms with Gasteiger partial charge in [0.25, 0.3) is 11.1 Å². The van der Waals surface area contributed by atoms with Crippen molar-refractivity contribution in [2.75, 3.05) is 13.1 Å². The van der Waals surface area contributed by atoms with Crippen LogP contribution in [0.3, 0.4) is 0 Å². The van der Waals surface area contributed by atoms with Crippen molar-refractivity contribution < 1.29 is 14.4 Å². The molecule has 116 valence electrons. The number of nitrogens with one attached hydrogen (secondary N) is 1. The molecular formula is C16H18N2O3S. The highest BCUT2D eigenvalue weighted by Gasteiger charge is 2.34. The third-order valence-electron chi connectivity index (χ3n) is 3.13. The van der Waals surface area contributed by atoms with Gasteiger partial charge in [-0.2, -0.15) is 0 Å². The first-order valence-corrected chi connectivity index (χ1v) is 7.89. The van der Waals surface area contributed by atoms with Gasteiger partial charge in [-0.15, -0.1) is 0 Å². The van der Waals surface area contributed by atoms with Crippen LogP contribution < -0.4 is 5.32 Å². The minimum atomic E-state index is -0.308. The van der Waals surface area contributed by atoms with E-state index >= 15 is 0 Å². The van der Waals surface area contributed by atoms with E-state index in [1.807, 2.05) is 30.3 Å². The number of rotatable bonds is 5. The zero-order valence-electron chi connectivity index (χ0n) is 12.5. The molecule has 1 aromatic carbocycles. The molecule has 3 amide bonds. The number of hydrogen-bond acceptors (Lipinski definition) is 4. The van der Waals surface area contributed by atoms with Crippen molar-refractivity contribution in [1.29, 1.82) is 0 Å². The van der Waals surface area contributed by atoms with E-state index in [-0.39, 0.29) is 36.1 Å². The Balaban J connectivity index is 1.97. The van der Waals surface area contributed by atoms with Crippen molar-refractivity contribution in [2.24, 2.45) is 5.92 Å². The summed E-state index contributed by atoms with van der Waals surface area (Å²) in [6.45, 7) is 4.04. The molecule has 0 bridgehead atoms. The molecule has 6 heteroatoms. The second kappa shape index (κ2) is 7.26. The lowest BCUT2D eigenvalue weighted by Crippen LogP contribution is -2.38. The fourth-order valence-corrected chi connectivity index (χ4v) is 2.75. The van der Waals surface area contributed by atoms with E-state index < -0.39 is 0 Å². The van der Waals surface area contributed by atoms with Gasteiger partial charge in [-0.05, 0) is 23.4 Å². The molecule has 0 radical (unpaired) electrons. The van der Waals surface area contributed by atoms with E-state index in [1.54, 1.807) is 19.9 Å². The summed E-state index contributed by atoms with van der Waals surface area (Å²) in [5, 5.41) is 2.40. The lowest BCUT2D eigenvalue weighted by Gasteiger charge is -2.13. The molecule has 0 unspecified atom stereocenters. The third-order valence-corrected chi connectivity index (χ3v) is 4.04. The second-order valence-corrected chi connectivity index (χ2v) is 6.18. The van der Waals surface area contributed by atoms with Crippen LogP contribution in [-0.4, -0.2) is 35.0 Å². The lowest BCUT2D eigenvalue weighted by molar-refractivity contribution is -0.125. The zero-order valence-corrected chi connectivity index (χ0v) is 13.4. The monoisotopic (exact) mass is 318 g/mol. The summed E-state index contributed by atoms with van der Waals surface area (Å²) in [4.78, 5) is 37.2. The highest BCUT2D eigenvalue weighted by atomic mass is 32.2. The van der Waals surface area contributed by atoms with Gasteiger partial charge in [0.1, 0.15) is 0 Å². The Labute approximate surface area is 133 Å². The Kier molecular flexibility index (Phi) is 5.38. The molecule has 1 N–H and O–H groups in total. The fraction of sp³-hybridized carbons (Fsp3) is 0.312. The second-order valence-electron chi connectivity index (χ2n) is 5.19. The van der Waals surface area contributed by atoms with Gasteiger partial charge >= 0.3 is 0 Å². The molecule has 22 heavy (non-hydrogen) atoms. The van der Waals surface area contributed by atoms with Crippen LogP contribution in [0.1, 0.15) is 19.4 Å². The van der Waals surface area contributed by atoms with Gasteiger partial charge in [0.2, 0.25) is 5.91 Å². The molecule has 1 saturated heterocycles. The minimum Gasteiger partial charge on any atom is -0.354 e. The van der Waals surface area contributed by atoms with Crippen LogP contribution in [0.5, 0.6) is 0 Å². The summed E-state index contributed by atoms with van der Waals surface area (Å²) >= 11 is 0.928. The van der Waals surface area contributed by atoms with Gasteiger partial charge in [0.15, 0.2) is 0 Å². The Bertz CT molecular complexity index is 611. The number of benzene rings is 1. The first kappa shape index (κ1) is 16.3. The molecule has 1 fully saturated rings. The van der Waals surface area contributed by atoms with E-state index in [2.05, 4.69) is 5.32 Å². The summed E-state index contributed by atoms with van der Waals surface area (Å²) in [5.41, 5.74) is 0.876. The first-order chi connectivity index (χ1) is 10.5. The summed E-state index contributed by atoms with van der Waals surface area (Å²) < 4.78 is 0. The van der Waals surface area contributed by atoms with Crippen LogP contribution in [0.25, 0.3) is 6.08 Å². The van der Waals surface area contributed by atoms with E-state index in [9.17, 15) is 14.4 Å². The van der Waals surface area contributed by atoms with Crippen molar-refractivity contribution >= 4 is 34.9 Å². The smallest absolute Gasteiger partial charge is 0.293 e. The van der Waals surface area contributed by atoms with Gasteiger partial charge < -0.3 is 5.32 Å². The Morgan fingerprint density at radius 3 is 2.59 bits per heavy atom. The Hall–Kier alpha value is -2.08. The minimum absolute atomic E-state index is 0.0909. The maximum Gasteiger partial charge on any atom is 0.293 e. The van der Waals surface area contributed by atoms with Gasteiger partial charge in [0.05, 0.1) is 4.91 Å². The Morgan fingerprint density at radius 1 is 1.27 bits per heavy atom. The number of imide groups is 1.